The summed E-state index contributed by atoms with van der Waals surface area (Å²) in [5.74, 6) is -2.01. The highest BCUT2D eigenvalue weighted by molar-refractivity contribution is 6.31. The average molecular weight is 606 g/mol. The van der Waals surface area contributed by atoms with Crippen LogP contribution in [0.1, 0.15) is 37.0 Å². The van der Waals surface area contributed by atoms with Gasteiger partial charge in [-0.2, -0.15) is 0 Å². The van der Waals surface area contributed by atoms with E-state index in [4.69, 9.17) is 11.6 Å². The number of carbonyl (C=O) groups excluding carboxylic acids is 3. The minimum Gasteiger partial charge on any atom is -0.395 e. The van der Waals surface area contributed by atoms with Crippen LogP contribution in [0, 0.1) is 5.92 Å². The fourth-order valence-electron chi connectivity index (χ4n) is 5.11. The van der Waals surface area contributed by atoms with Gasteiger partial charge in [-0.1, -0.05) is 73.1 Å². The maximum Gasteiger partial charge on any atom is 0.264 e. The van der Waals surface area contributed by atoms with E-state index in [1.165, 1.54) is 11.8 Å². The van der Waals surface area contributed by atoms with E-state index in [2.05, 4.69) is 5.32 Å². The molecule has 0 bridgehead atoms. The van der Waals surface area contributed by atoms with Crippen LogP contribution in [-0.2, 0) is 33.1 Å². The summed E-state index contributed by atoms with van der Waals surface area (Å²) in [6.45, 7) is 3.55. The molecule has 9 nitrogen and oxygen atoms in total. The Bertz CT molecular complexity index is 1490. The van der Waals surface area contributed by atoms with Gasteiger partial charge in [0.25, 0.3) is 11.8 Å². The number of halogens is 1. The Morgan fingerprint density at radius 1 is 1.05 bits per heavy atom. The van der Waals surface area contributed by atoms with Crippen molar-refractivity contribution in [3.63, 3.8) is 0 Å². The van der Waals surface area contributed by atoms with Crippen molar-refractivity contribution in [1.82, 2.24) is 4.90 Å². The van der Waals surface area contributed by atoms with Crippen molar-refractivity contribution in [2.45, 2.75) is 45.1 Å². The van der Waals surface area contributed by atoms with Gasteiger partial charge in [0.2, 0.25) is 5.91 Å². The van der Waals surface area contributed by atoms with Gasteiger partial charge >= 0.3 is 0 Å². The molecule has 0 fully saturated rings. The third-order valence-corrected chi connectivity index (χ3v) is 7.70. The van der Waals surface area contributed by atoms with Gasteiger partial charge < -0.3 is 30.4 Å². The molecule has 0 saturated heterocycles. The molecule has 43 heavy (non-hydrogen) atoms. The maximum atomic E-state index is 13.9. The molecule has 3 aromatic carbocycles. The Morgan fingerprint density at radius 3 is 2.47 bits per heavy atom. The molecule has 3 aromatic rings. The smallest absolute Gasteiger partial charge is 0.264 e. The molecule has 226 valence electrons. The molecule has 4 N–H and O–H groups in total. The van der Waals surface area contributed by atoms with E-state index < -0.39 is 29.4 Å². The predicted molar refractivity (Wildman–Crippen MR) is 165 cm³/mol. The monoisotopic (exact) mass is 605 g/mol. The number of aliphatic hydroxyl groups is 3. The summed E-state index contributed by atoms with van der Waals surface area (Å²) in [5.41, 5.74) is 1.02. The van der Waals surface area contributed by atoms with Gasteiger partial charge in [-0.25, -0.2) is 0 Å². The zero-order valence-electron chi connectivity index (χ0n) is 24.1. The lowest BCUT2D eigenvalue weighted by Crippen LogP contribution is -2.44. The minimum absolute atomic E-state index is 0.0263. The van der Waals surface area contributed by atoms with E-state index in [0.717, 1.165) is 5.56 Å². The highest BCUT2D eigenvalue weighted by Gasteiger charge is 2.52. The largest absolute Gasteiger partial charge is 0.395 e. The van der Waals surface area contributed by atoms with Crippen LogP contribution < -0.4 is 10.2 Å². The van der Waals surface area contributed by atoms with Gasteiger partial charge in [0.1, 0.15) is 6.10 Å². The minimum atomic E-state index is -1.94. The van der Waals surface area contributed by atoms with Crippen molar-refractivity contribution < 1.29 is 29.7 Å². The molecular formula is C33H36ClN3O6. The molecule has 4 rings (SSSR count). The number of hydrogen-bond donors (Lipinski definition) is 4. The van der Waals surface area contributed by atoms with Crippen molar-refractivity contribution in [2.75, 3.05) is 23.4 Å². The third-order valence-electron chi connectivity index (χ3n) is 7.46. The van der Waals surface area contributed by atoms with E-state index in [0.29, 0.717) is 34.1 Å². The molecule has 1 heterocycles. The quantitative estimate of drug-likeness (QED) is 0.231. The first-order valence-electron chi connectivity index (χ1n) is 14.1. The Morgan fingerprint density at radius 2 is 1.77 bits per heavy atom. The highest BCUT2D eigenvalue weighted by atomic mass is 35.5. The molecular weight excluding hydrogens is 570 g/mol. The van der Waals surface area contributed by atoms with Crippen molar-refractivity contribution in [3.05, 3.63) is 107 Å². The Kier molecular flexibility index (Phi) is 10.4. The SMILES string of the molecule is C[C@H](O)C(=O)Nc1cccc(CN2C(=O)[C@@](O)([C@@H](C)/C=C/CC(=O)N(CCO)Cc3ccccc3)c3cc(Cl)ccc32)c1. The average Bonchev–Trinajstić information content (AvgIpc) is 3.19. The molecule has 3 atom stereocenters. The van der Waals surface area contributed by atoms with Crippen LogP contribution in [-0.4, -0.2) is 57.2 Å². The number of anilines is 2. The number of nitrogens with zero attached hydrogens (tertiary/aromatic N) is 2. The second kappa shape index (κ2) is 14.0. The van der Waals surface area contributed by atoms with Crippen LogP contribution in [0.4, 0.5) is 11.4 Å². The summed E-state index contributed by atoms with van der Waals surface area (Å²) in [7, 11) is 0. The second-order valence-corrected chi connectivity index (χ2v) is 11.1. The summed E-state index contributed by atoms with van der Waals surface area (Å²) in [6, 6.07) is 21.3. The van der Waals surface area contributed by atoms with Crippen molar-refractivity contribution >= 4 is 40.7 Å². The molecule has 1 aliphatic rings. The summed E-state index contributed by atoms with van der Waals surface area (Å²) >= 11 is 6.29. The number of aliphatic hydroxyl groups excluding tert-OH is 2. The zero-order chi connectivity index (χ0) is 31.1. The van der Waals surface area contributed by atoms with Crippen LogP contribution in [0.15, 0.2) is 84.9 Å². The number of nitrogens with one attached hydrogen (secondary N) is 1. The number of fused-ring (bicyclic) bond motifs is 1. The molecule has 3 amide bonds. The molecule has 0 radical (unpaired) electrons. The molecule has 0 saturated carbocycles. The van der Waals surface area contributed by atoms with Gasteiger partial charge in [0.15, 0.2) is 5.60 Å². The Balaban J connectivity index is 1.52. The first-order chi connectivity index (χ1) is 20.5. The van der Waals surface area contributed by atoms with Gasteiger partial charge in [0, 0.05) is 41.7 Å². The van der Waals surface area contributed by atoms with Crippen molar-refractivity contribution in [3.8, 4) is 0 Å². The second-order valence-electron chi connectivity index (χ2n) is 10.6. The standard InChI is InChI=1S/C33H36ClN3O6/c1-22(8-6-13-30(40)36(16-17-38)20-24-9-4-3-5-10-24)33(43)28-19-26(34)14-15-29(28)37(32(33)42)21-25-11-7-12-27(18-25)35-31(41)23(2)39/h3-12,14-15,18-19,22-23,38-39,43H,13,16-17,20-21H2,1-2H3,(H,35,41)/b8-6+/t22-,23-,33+/m0/s1. The molecule has 1 aliphatic heterocycles. The fraction of sp³-hybridized carbons (Fsp3) is 0.303. The number of amides is 3. The van der Waals surface area contributed by atoms with Crippen LogP contribution in [0.5, 0.6) is 0 Å². The fourth-order valence-corrected chi connectivity index (χ4v) is 5.28. The van der Waals surface area contributed by atoms with Gasteiger partial charge in [-0.3, -0.25) is 14.4 Å². The summed E-state index contributed by atoms with van der Waals surface area (Å²) in [5, 5.41) is 33.9. The van der Waals surface area contributed by atoms with Gasteiger partial charge in [-0.05, 0) is 48.4 Å². The van der Waals surface area contributed by atoms with Gasteiger partial charge in [0.05, 0.1) is 18.8 Å². The maximum absolute atomic E-state index is 13.9. The lowest BCUT2D eigenvalue weighted by Gasteiger charge is -2.28. The van der Waals surface area contributed by atoms with Crippen LogP contribution in [0.2, 0.25) is 5.02 Å². The summed E-state index contributed by atoms with van der Waals surface area (Å²) in [4.78, 5) is 41.8. The van der Waals surface area contributed by atoms with Crippen molar-refractivity contribution in [2.24, 2.45) is 5.92 Å². The zero-order valence-corrected chi connectivity index (χ0v) is 24.9. The lowest BCUT2D eigenvalue weighted by molar-refractivity contribution is -0.139. The normalized spacial score (nSPS) is 17.5. The van der Waals surface area contributed by atoms with Crippen LogP contribution in [0.3, 0.4) is 0 Å². The lowest BCUT2D eigenvalue weighted by atomic mass is 9.83. The van der Waals surface area contributed by atoms with E-state index in [1.54, 1.807) is 66.4 Å². The van der Waals surface area contributed by atoms with E-state index in [1.807, 2.05) is 30.3 Å². The topological polar surface area (TPSA) is 130 Å². The Hall–Kier alpha value is -4.02. The van der Waals surface area contributed by atoms with Crippen LogP contribution in [0.25, 0.3) is 0 Å². The molecule has 0 aliphatic carbocycles. The number of rotatable bonds is 12. The number of carbonyl (C=O) groups is 3. The molecule has 0 aromatic heterocycles. The highest BCUT2D eigenvalue weighted by Crippen LogP contribution is 2.46. The van der Waals surface area contributed by atoms with E-state index in [9.17, 15) is 29.7 Å². The molecule has 0 unspecified atom stereocenters. The van der Waals surface area contributed by atoms with Crippen LogP contribution >= 0.6 is 11.6 Å². The van der Waals surface area contributed by atoms with E-state index >= 15 is 0 Å². The van der Waals surface area contributed by atoms with Crippen molar-refractivity contribution in [1.29, 1.82) is 0 Å². The summed E-state index contributed by atoms with van der Waals surface area (Å²) < 4.78 is 0. The third kappa shape index (κ3) is 7.32. The Labute approximate surface area is 256 Å². The number of hydrogen-bond acceptors (Lipinski definition) is 6. The van der Waals surface area contributed by atoms with Gasteiger partial charge in [-0.15, -0.1) is 0 Å². The van der Waals surface area contributed by atoms with E-state index in [-0.39, 0.29) is 32.0 Å². The first kappa shape index (κ1) is 31.9. The predicted octanol–water partition coefficient (Wildman–Crippen LogP) is 4.00. The number of benzene rings is 3. The first-order valence-corrected chi connectivity index (χ1v) is 14.4. The summed E-state index contributed by atoms with van der Waals surface area (Å²) in [6.07, 6.45) is 2.13. The molecule has 10 heteroatoms. The molecule has 0 spiro atoms.